The number of carbonyl (C=O) groups is 1. The van der Waals surface area contributed by atoms with Gasteiger partial charge in [-0.15, -0.1) is 0 Å². The van der Waals surface area contributed by atoms with Gasteiger partial charge in [-0.1, -0.05) is 26.2 Å². The van der Waals surface area contributed by atoms with Crippen LogP contribution in [0.25, 0.3) is 0 Å². The van der Waals surface area contributed by atoms with Gasteiger partial charge in [-0.2, -0.15) is 0 Å². The average molecular weight is 184 g/mol. The van der Waals surface area contributed by atoms with E-state index in [-0.39, 0.29) is 5.91 Å². The first-order chi connectivity index (χ1) is 6.16. The monoisotopic (exact) mass is 184 g/mol. The number of hydrogen-bond acceptors (Lipinski definition) is 2. The van der Waals surface area contributed by atoms with Crippen LogP contribution < -0.4 is 11.1 Å². The topological polar surface area (TPSA) is 55.1 Å². The quantitative estimate of drug-likeness (QED) is 0.486. The van der Waals surface area contributed by atoms with E-state index in [2.05, 4.69) is 12.2 Å². The van der Waals surface area contributed by atoms with E-state index in [4.69, 9.17) is 5.73 Å². The molecule has 0 aromatic heterocycles. The minimum Gasteiger partial charge on any atom is -0.402 e. The van der Waals surface area contributed by atoms with E-state index in [0.717, 1.165) is 13.0 Å². The molecule has 0 aromatic carbocycles. The van der Waals surface area contributed by atoms with Crippen LogP contribution >= 0.6 is 0 Å². The van der Waals surface area contributed by atoms with Gasteiger partial charge in [0.15, 0.2) is 0 Å². The summed E-state index contributed by atoms with van der Waals surface area (Å²) in [4.78, 5) is 11.0. The molecule has 3 nitrogen and oxygen atoms in total. The van der Waals surface area contributed by atoms with Crippen LogP contribution in [-0.2, 0) is 4.79 Å². The zero-order chi connectivity index (χ0) is 10.1. The minimum absolute atomic E-state index is 0.0866. The van der Waals surface area contributed by atoms with Crippen LogP contribution in [0.3, 0.4) is 0 Å². The van der Waals surface area contributed by atoms with Crippen molar-refractivity contribution in [3.63, 3.8) is 0 Å². The van der Waals surface area contributed by atoms with E-state index in [0.29, 0.717) is 5.70 Å². The fraction of sp³-hybridized carbons (Fsp3) is 0.700. The second kappa shape index (κ2) is 7.65. The Morgan fingerprint density at radius 3 is 2.62 bits per heavy atom. The number of allylic oxidation sites excluding steroid dienone is 1. The molecule has 0 spiro atoms. The summed E-state index contributed by atoms with van der Waals surface area (Å²) in [6.07, 6.45) is 6.11. The van der Waals surface area contributed by atoms with Crippen molar-refractivity contribution in [2.24, 2.45) is 5.73 Å². The summed E-state index contributed by atoms with van der Waals surface area (Å²) >= 11 is 0. The van der Waals surface area contributed by atoms with Crippen molar-refractivity contribution in [1.29, 1.82) is 0 Å². The molecular formula is C10H20N2O. The summed E-state index contributed by atoms with van der Waals surface area (Å²) in [7, 11) is 0. The number of rotatable bonds is 6. The van der Waals surface area contributed by atoms with Crippen molar-refractivity contribution < 1.29 is 4.79 Å². The number of nitrogens with two attached hydrogens (primary N) is 1. The molecule has 0 rings (SSSR count). The van der Waals surface area contributed by atoms with Gasteiger partial charge in [0.25, 0.3) is 0 Å². The highest BCUT2D eigenvalue weighted by Crippen LogP contribution is 1.96. The Hall–Kier alpha value is -0.990. The lowest BCUT2D eigenvalue weighted by atomic mass is 10.2. The fourth-order valence-corrected chi connectivity index (χ4v) is 1.02. The molecule has 76 valence electrons. The average Bonchev–Trinajstić information content (AvgIpc) is 2.02. The van der Waals surface area contributed by atoms with Gasteiger partial charge in [-0.25, -0.2) is 0 Å². The Morgan fingerprint density at radius 2 is 2.08 bits per heavy atom. The van der Waals surface area contributed by atoms with Gasteiger partial charge < -0.3 is 11.1 Å². The van der Waals surface area contributed by atoms with Crippen LogP contribution in [-0.4, -0.2) is 12.5 Å². The Bertz CT molecular complexity index is 172. The summed E-state index contributed by atoms with van der Waals surface area (Å²) in [5, 5.41) is 2.78. The Kier molecular flexibility index (Phi) is 7.07. The Labute approximate surface area is 80.4 Å². The van der Waals surface area contributed by atoms with Gasteiger partial charge in [0.1, 0.15) is 0 Å². The first-order valence-electron chi connectivity index (χ1n) is 4.88. The normalized spacial score (nSPS) is 11.4. The third kappa shape index (κ3) is 8.92. The molecule has 0 aliphatic rings. The molecule has 0 heterocycles. The lowest BCUT2D eigenvalue weighted by Gasteiger charge is -2.01. The molecule has 0 bridgehead atoms. The molecule has 0 saturated heterocycles. The van der Waals surface area contributed by atoms with E-state index < -0.39 is 0 Å². The number of nitrogens with one attached hydrogen (secondary N) is 1. The van der Waals surface area contributed by atoms with Gasteiger partial charge in [-0.3, -0.25) is 4.79 Å². The summed E-state index contributed by atoms with van der Waals surface area (Å²) in [5.74, 6) is -0.0866. The molecule has 0 unspecified atom stereocenters. The number of amides is 1. The first-order valence-corrected chi connectivity index (χ1v) is 4.88. The molecule has 0 aromatic rings. The van der Waals surface area contributed by atoms with Crippen LogP contribution in [0.4, 0.5) is 0 Å². The van der Waals surface area contributed by atoms with Gasteiger partial charge in [0.2, 0.25) is 5.91 Å². The number of unbranched alkanes of at least 4 members (excludes halogenated alkanes) is 3. The van der Waals surface area contributed by atoms with Gasteiger partial charge in [0.05, 0.1) is 0 Å². The lowest BCUT2D eigenvalue weighted by Crippen LogP contribution is -2.23. The molecule has 0 atom stereocenters. The maximum atomic E-state index is 11.0. The predicted molar refractivity (Wildman–Crippen MR) is 55.1 cm³/mol. The van der Waals surface area contributed by atoms with Gasteiger partial charge >= 0.3 is 0 Å². The minimum atomic E-state index is -0.0866. The molecule has 0 saturated carbocycles. The van der Waals surface area contributed by atoms with Gasteiger partial charge in [0, 0.05) is 18.3 Å². The van der Waals surface area contributed by atoms with Crippen molar-refractivity contribution >= 4 is 5.91 Å². The molecule has 1 amide bonds. The first kappa shape index (κ1) is 12.0. The van der Waals surface area contributed by atoms with E-state index in [1.165, 1.54) is 25.3 Å². The van der Waals surface area contributed by atoms with E-state index in [1.807, 2.05) is 0 Å². The highest BCUT2D eigenvalue weighted by Gasteiger charge is 1.94. The van der Waals surface area contributed by atoms with Crippen LogP contribution in [0.1, 0.15) is 39.5 Å². The number of hydrogen-bond donors (Lipinski definition) is 2. The molecule has 3 N–H and O–H groups in total. The second-order valence-corrected chi connectivity index (χ2v) is 3.24. The summed E-state index contributed by atoms with van der Waals surface area (Å²) in [6.45, 7) is 4.62. The van der Waals surface area contributed by atoms with E-state index >= 15 is 0 Å². The highest BCUT2D eigenvalue weighted by atomic mass is 16.1. The highest BCUT2D eigenvalue weighted by molar-refractivity contribution is 5.87. The maximum absolute atomic E-state index is 11.0. The van der Waals surface area contributed by atoms with Gasteiger partial charge in [-0.05, 0) is 13.3 Å². The molecule has 0 fully saturated rings. The summed E-state index contributed by atoms with van der Waals surface area (Å²) < 4.78 is 0. The maximum Gasteiger partial charge on any atom is 0.245 e. The molecule has 3 heteroatoms. The van der Waals surface area contributed by atoms with E-state index in [9.17, 15) is 4.79 Å². The largest absolute Gasteiger partial charge is 0.402 e. The standard InChI is InChI=1S/C10H20N2O/c1-3-4-5-6-7-12-10(13)8-9(2)11/h8H,3-7,11H2,1-2H3,(H,12,13)/b9-8-. The van der Waals surface area contributed by atoms with Crippen molar-refractivity contribution in [3.8, 4) is 0 Å². The smallest absolute Gasteiger partial charge is 0.245 e. The molecule has 0 radical (unpaired) electrons. The fourth-order valence-electron chi connectivity index (χ4n) is 1.02. The van der Waals surface area contributed by atoms with Crippen LogP contribution in [0, 0.1) is 0 Å². The van der Waals surface area contributed by atoms with Crippen molar-refractivity contribution in [2.45, 2.75) is 39.5 Å². The van der Waals surface area contributed by atoms with Crippen molar-refractivity contribution in [3.05, 3.63) is 11.8 Å². The molecule has 0 aliphatic heterocycles. The third-order valence-corrected chi connectivity index (χ3v) is 1.69. The Morgan fingerprint density at radius 1 is 1.38 bits per heavy atom. The summed E-state index contributed by atoms with van der Waals surface area (Å²) in [6, 6.07) is 0. The van der Waals surface area contributed by atoms with Crippen LogP contribution in [0.15, 0.2) is 11.8 Å². The molecule has 13 heavy (non-hydrogen) atoms. The van der Waals surface area contributed by atoms with Crippen molar-refractivity contribution in [2.75, 3.05) is 6.54 Å². The predicted octanol–water partition coefficient (Wildman–Crippen LogP) is 1.55. The molecular weight excluding hydrogens is 164 g/mol. The Balaban J connectivity index is 3.33. The zero-order valence-electron chi connectivity index (χ0n) is 8.60. The third-order valence-electron chi connectivity index (χ3n) is 1.69. The second-order valence-electron chi connectivity index (χ2n) is 3.24. The molecule has 0 aliphatic carbocycles. The van der Waals surface area contributed by atoms with Crippen molar-refractivity contribution in [1.82, 2.24) is 5.32 Å². The lowest BCUT2D eigenvalue weighted by molar-refractivity contribution is -0.116. The SMILES string of the molecule is CCCCCCNC(=O)/C=C(/C)N. The zero-order valence-corrected chi connectivity index (χ0v) is 8.60. The van der Waals surface area contributed by atoms with Crippen LogP contribution in [0.2, 0.25) is 0 Å². The van der Waals surface area contributed by atoms with Crippen LogP contribution in [0.5, 0.6) is 0 Å². The summed E-state index contributed by atoms with van der Waals surface area (Å²) in [5.41, 5.74) is 5.89. The van der Waals surface area contributed by atoms with E-state index in [1.54, 1.807) is 6.92 Å². The number of carbonyl (C=O) groups excluding carboxylic acids is 1.